The Morgan fingerprint density at radius 1 is 1.18 bits per heavy atom. The molecular formula is C23H29BrF3N3O2S. The number of likely N-dealkylation sites (N-methyl/N-ethyl adjacent to an activating group) is 1. The Morgan fingerprint density at radius 2 is 1.88 bits per heavy atom. The maximum Gasteiger partial charge on any atom is 0.393 e. The zero-order valence-electron chi connectivity index (χ0n) is 18.6. The minimum atomic E-state index is -4.31. The first-order valence-corrected chi connectivity index (χ1v) is 13.1. The third-order valence-corrected chi connectivity index (χ3v) is 7.95. The first-order valence-electron chi connectivity index (χ1n) is 10.8. The van der Waals surface area contributed by atoms with E-state index in [9.17, 15) is 21.6 Å². The van der Waals surface area contributed by atoms with Gasteiger partial charge in [0, 0.05) is 30.1 Å². The molecule has 0 saturated carbocycles. The van der Waals surface area contributed by atoms with E-state index in [1.165, 1.54) is 11.0 Å². The van der Waals surface area contributed by atoms with Crippen LogP contribution < -0.4 is 9.62 Å². The Hall–Kier alpha value is -1.62. The molecule has 3 rings (SSSR count). The van der Waals surface area contributed by atoms with Crippen LogP contribution in [-0.2, 0) is 16.4 Å². The molecule has 5 nitrogen and oxygen atoms in total. The van der Waals surface area contributed by atoms with Gasteiger partial charge in [-0.15, -0.1) is 0 Å². The van der Waals surface area contributed by atoms with Gasteiger partial charge in [0.1, 0.15) is 4.90 Å². The molecule has 0 amide bonds. The lowest BCUT2D eigenvalue weighted by Crippen LogP contribution is -2.43. The van der Waals surface area contributed by atoms with Crippen LogP contribution in [0.1, 0.15) is 18.4 Å². The summed E-state index contributed by atoms with van der Waals surface area (Å²) < 4.78 is 69.8. The second kappa shape index (κ2) is 10.8. The van der Waals surface area contributed by atoms with E-state index in [1.54, 1.807) is 12.1 Å². The molecule has 2 atom stereocenters. The molecule has 1 saturated heterocycles. The summed E-state index contributed by atoms with van der Waals surface area (Å²) >= 11 is 3.33. The molecule has 0 spiro atoms. The SMILES string of the molecule is CN(C)C(CNS(=O)(=O)c1ccc(Br)cc1N1CCCC(C(F)(F)F)C1)Cc1ccccc1. The average Bonchev–Trinajstić information content (AvgIpc) is 2.76. The molecule has 33 heavy (non-hydrogen) atoms. The summed E-state index contributed by atoms with van der Waals surface area (Å²) in [5.41, 5.74) is 1.38. The molecule has 1 heterocycles. The monoisotopic (exact) mass is 547 g/mol. The number of nitrogens with zero attached hydrogens (tertiary/aromatic N) is 2. The van der Waals surface area contributed by atoms with Gasteiger partial charge in [0.05, 0.1) is 11.6 Å². The summed E-state index contributed by atoms with van der Waals surface area (Å²) in [5, 5.41) is 0. The molecule has 2 aromatic rings. The molecule has 182 valence electrons. The third-order valence-electron chi connectivity index (χ3n) is 5.99. The van der Waals surface area contributed by atoms with Crippen molar-refractivity contribution in [3.8, 4) is 0 Å². The Morgan fingerprint density at radius 3 is 2.52 bits per heavy atom. The number of hydrogen-bond acceptors (Lipinski definition) is 4. The van der Waals surface area contributed by atoms with Gasteiger partial charge in [-0.05, 0) is 57.1 Å². The Bertz CT molecular complexity index is 1030. The number of anilines is 1. The number of sulfonamides is 1. The smallest absolute Gasteiger partial charge is 0.370 e. The van der Waals surface area contributed by atoms with Crippen molar-refractivity contribution in [1.29, 1.82) is 0 Å². The Kier molecular flexibility index (Phi) is 8.47. The van der Waals surface area contributed by atoms with Crippen LogP contribution in [0.2, 0.25) is 0 Å². The molecule has 0 bridgehead atoms. The highest BCUT2D eigenvalue weighted by Crippen LogP contribution is 2.37. The van der Waals surface area contributed by atoms with Crippen molar-refractivity contribution in [3.05, 3.63) is 58.6 Å². The van der Waals surface area contributed by atoms with Gasteiger partial charge in [0.15, 0.2) is 0 Å². The molecule has 1 N–H and O–H groups in total. The predicted molar refractivity (Wildman–Crippen MR) is 128 cm³/mol. The van der Waals surface area contributed by atoms with Gasteiger partial charge in [-0.2, -0.15) is 13.2 Å². The largest absolute Gasteiger partial charge is 0.393 e. The number of nitrogens with one attached hydrogen (secondary N) is 1. The maximum absolute atomic E-state index is 13.3. The van der Waals surface area contributed by atoms with E-state index in [4.69, 9.17) is 0 Å². The van der Waals surface area contributed by atoms with Crippen LogP contribution in [0.15, 0.2) is 57.9 Å². The van der Waals surface area contributed by atoms with Crippen LogP contribution in [0.3, 0.4) is 0 Å². The predicted octanol–water partition coefficient (Wildman–Crippen LogP) is 4.68. The highest BCUT2D eigenvalue weighted by molar-refractivity contribution is 9.10. The molecule has 0 aromatic heterocycles. The van der Waals surface area contributed by atoms with E-state index < -0.39 is 22.1 Å². The molecule has 2 aromatic carbocycles. The lowest BCUT2D eigenvalue weighted by molar-refractivity contribution is -0.176. The lowest BCUT2D eigenvalue weighted by Gasteiger charge is -2.36. The number of halogens is 4. The normalized spacial score (nSPS) is 18.5. The summed E-state index contributed by atoms with van der Waals surface area (Å²) in [5.74, 6) is -1.47. The van der Waals surface area contributed by atoms with Gasteiger partial charge in [0.25, 0.3) is 0 Å². The van der Waals surface area contributed by atoms with Gasteiger partial charge in [-0.25, -0.2) is 13.1 Å². The van der Waals surface area contributed by atoms with Gasteiger partial charge in [-0.3, -0.25) is 0 Å². The zero-order valence-corrected chi connectivity index (χ0v) is 21.0. The van der Waals surface area contributed by atoms with Crippen LogP contribution in [0.5, 0.6) is 0 Å². The minimum absolute atomic E-state index is 0.00857. The second-order valence-electron chi connectivity index (χ2n) is 8.60. The van der Waals surface area contributed by atoms with Crippen molar-refractivity contribution >= 4 is 31.6 Å². The summed E-state index contributed by atoms with van der Waals surface area (Å²) in [6.07, 6.45) is -3.25. The Labute approximate surface area is 202 Å². The average molecular weight is 548 g/mol. The fraction of sp³-hybridized carbons (Fsp3) is 0.478. The zero-order chi connectivity index (χ0) is 24.2. The molecule has 1 fully saturated rings. The minimum Gasteiger partial charge on any atom is -0.370 e. The summed E-state index contributed by atoms with van der Waals surface area (Å²) in [6.45, 7) is 0.293. The van der Waals surface area contributed by atoms with Crippen molar-refractivity contribution in [2.24, 2.45) is 5.92 Å². The first-order chi connectivity index (χ1) is 15.5. The number of rotatable bonds is 8. The van der Waals surface area contributed by atoms with Crippen LogP contribution in [0.4, 0.5) is 18.9 Å². The van der Waals surface area contributed by atoms with Gasteiger partial charge >= 0.3 is 6.18 Å². The van der Waals surface area contributed by atoms with E-state index in [0.717, 1.165) is 5.56 Å². The van der Waals surface area contributed by atoms with Crippen LogP contribution in [-0.4, -0.2) is 59.3 Å². The fourth-order valence-electron chi connectivity index (χ4n) is 4.04. The molecule has 1 aliphatic heterocycles. The van der Waals surface area contributed by atoms with Gasteiger partial charge in [0.2, 0.25) is 10.0 Å². The molecule has 2 unspecified atom stereocenters. The van der Waals surface area contributed by atoms with Crippen molar-refractivity contribution in [3.63, 3.8) is 0 Å². The van der Waals surface area contributed by atoms with Crippen molar-refractivity contribution < 1.29 is 21.6 Å². The quantitative estimate of drug-likeness (QED) is 0.521. The van der Waals surface area contributed by atoms with E-state index in [1.807, 2.05) is 49.3 Å². The van der Waals surface area contributed by atoms with E-state index >= 15 is 0 Å². The molecule has 0 radical (unpaired) electrons. The topological polar surface area (TPSA) is 52.7 Å². The highest BCUT2D eigenvalue weighted by atomic mass is 79.9. The van der Waals surface area contributed by atoms with E-state index in [2.05, 4.69) is 20.7 Å². The summed E-state index contributed by atoms with van der Waals surface area (Å²) in [4.78, 5) is 3.48. The number of hydrogen-bond donors (Lipinski definition) is 1. The van der Waals surface area contributed by atoms with E-state index in [-0.39, 0.29) is 36.1 Å². The first kappa shape index (κ1) is 26.0. The number of alkyl halides is 3. The second-order valence-corrected chi connectivity index (χ2v) is 11.2. The number of benzene rings is 2. The van der Waals surface area contributed by atoms with Gasteiger partial charge in [-0.1, -0.05) is 46.3 Å². The van der Waals surface area contributed by atoms with E-state index in [0.29, 0.717) is 23.9 Å². The van der Waals surface area contributed by atoms with Crippen LogP contribution >= 0.6 is 15.9 Å². The van der Waals surface area contributed by atoms with Crippen molar-refractivity contribution in [2.45, 2.75) is 36.4 Å². The summed E-state index contributed by atoms with van der Waals surface area (Å²) in [7, 11) is -0.178. The Balaban J connectivity index is 1.81. The van der Waals surface area contributed by atoms with Crippen LogP contribution in [0.25, 0.3) is 0 Å². The molecule has 10 heteroatoms. The molecule has 1 aliphatic rings. The lowest BCUT2D eigenvalue weighted by atomic mass is 9.97. The van der Waals surface area contributed by atoms with Crippen molar-refractivity contribution in [1.82, 2.24) is 9.62 Å². The molecule has 0 aliphatic carbocycles. The highest BCUT2D eigenvalue weighted by Gasteiger charge is 2.42. The van der Waals surface area contributed by atoms with Crippen molar-refractivity contribution in [2.75, 3.05) is 38.6 Å². The van der Waals surface area contributed by atoms with Gasteiger partial charge < -0.3 is 9.80 Å². The third kappa shape index (κ3) is 6.94. The van der Waals surface area contributed by atoms with Crippen LogP contribution in [0, 0.1) is 5.92 Å². The summed E-state index contributed by atoms with van der Waals surface area (Å²) in [6, 6.07) is 14.3. The standard InChI is InChI=1S/C23H29BrF3N3O2S/c1-29(2)20(13-17-7-4-3-5-8-17)15-28-33(31,32)22-11-10-19(24)14-21(22)30-12-6-9-18(16-30)23(25,26)27/h3-5,7-8,10-11,14,18,20,28H,6,9,12-13,15-16H2,1-2H3. The molecular weight excluding hydrogens is 519 g/mol. The maximum atomic E-state index is 13.3. The number of piperidine rings is 1. The fourth-order valence-corrected chi connectivity index (χ4v) is 5.66.